The van der Waals surface area contributed by atoms with Gasteiger partial charge in [-0.05, 0) is 37.5 Å². The number of benzene rings is 1. The summed E-state index contributed by atoms with van der Waals surface area (Å²) in [6.45, 7) is 1.83. The Balaban J connectivity index is 2.14. The van der Waals surface area contributed by atoms with Crippen LogP contribution in [0.25, 0.3) is 0 Å². The largest absolute Gasteiger partial charge is 0.497 e. The van der Waals surface area contributed by atoms with E-state index < -0.39 is 5.92 Å². The highest BCUT2D eigenvalue weighted by atomic mass is 16.5. The molecule has 0 spiro atoms. The highest BCUT2D eigenvalue weighted by Gasteiger charge is 2.42. The summed E-state index contributed by atoms with van der Waals surface area (Å²) in [7, 11) is 2.97. The van der Waals surface area contributed by atoms with Gasteiger partial charge in [-0.1, -0.05) is 12.1 Å². The van der Waals surface area contributed by atoms with Gasteiger partial charge in [-0.15, -0.1) is 0 Å². The number of methoxy groups -OCH3 is 2. The fraction of sp³-hybridized carbons (Fsp3) is 0.421. The van der Waals surface area contributed by atoms with E-state index >= 15 is 0 Å². The van der Waals surface area contributed by atoms with E-state index in [1.807, 2.05) is 31.2 Å². The topological polar surface area (TPSA) is 65.0 Å². The van der Waals surface area contributed by atoms with E-state index in [-0.39, 0.29) is 17.7 Å². The molecular formula is C19H21NO4. The van der Waals surface area contributed by atoms with Crippen molar-refractivity contribution >= 4 is 17.5 Å². The summed E-state index contributed by atoms with van der Waals surface area (Å²) in [4.78, 5) is 29.6. The second-order valence-corrected chi connectivity index (χ2v) is 6.14. The molecule has 1 aromatic carbocycles. The van der Waals surface area contributed by atoms with Crippen molar-refractivity contribution in [1.82, 2.24) is 0 Å². The first kappa shape index (κ1) is 16.4. The Kier molecular flexibility index (Phi) is 4.51. The molecule has 1 aliphatic carbocycles. The fourth-order valence-electron chi connectivity index (χ4n) is 3.61. The molecule has 0 N–H and O–H groups in total. The molecule has 0 saturated carbocycles. The third-order valence-corrected chi connectivity index (χ3v) is 4.76. The molecule has 0 fully saturated rings. The van der Waals surface area contributed by atoms with Crippen LogP contribution in [0, 0.1) is 5.92 Å². The molecule has 1 aromatic rings. The molecule has 0 bridgehead atoms. The van der Waals surface area contributed by atoms with Crippen LogP contribution in [0.4, 0.5) is 0 Å². The number of ketones is 1. The van der Waals surface area contributed by atoms with E-state index in [0.717, 1.165) is 29.9 Å². The van der Waals surface area contributed by atoms with E-state index in [9.17, 15) is 9.59 Å². The number of allylic oxidation sites excluding steroid dienone is 2. The van der Waals surface area contributed by atoms with Crippen molar-refractivity contribution in [2.45, 2.75) is 32.1 Å². The van der Waals surface area contributed by atoms with Crippen LogP contribution in [0.3, 0.4) is 0 Å². The minimum atomic E-state index is -0.566. The van der Waals surface area contributed by atoms with Gasteiger partial charge in [0.1, 0.15) is 11.7 Å². The summed E-state index contributed by atoms with van der Waals surface area (Å²) >= 11 is 0. The second-order valence-electron chi connectivity index (χ2n) is 6.14. The van der Waals surface area contributed by atoms with Gasteiger partial charge in [-0.2, -0.15) is 0 Å². The van der Waals surface area contributed by atoms with Crippen molar-refractivity contribution in [3.63, 3.8) is 0 Å². The Morgan fingerprint density at radius 3 is 2.50 bits per heavy atom. The van der Waals surface area contributed by atoms with Gasteiger partial charge in [0.15, 0.2) is 5.78 Å². The van der Waals surface area contributed by atoms with E-state index in [1.54, 1.807) is 7.11 Å². The highest BCUT2D eigenvalue weighted by molar-refractivity contribution is 6.08. The van der Waals surface area contributed by atoms with Crippen LogP contribution in [-0.2, 0) is 14.3 Å². The first-order valence-corrected chi connectivity index (χ1v) is 8.10. The lowest BCUT2D eigenvalue weighted by Crippen LogP contribution is -2.36. The monoisotopic (exact) mass is 327 g/mol. The summed E-state index contributed by atoms with van der Waals surface area (Å²) in [6, 6.07) is 7.51. The Morgan fingerprint density at radius 2 is 1.88 bits per heavy atom. The normalized spacial score (nSPS) is 23.5. The first-order valence-electron chi connectivity index (χ1n) is 8.10. The van der Waals surface area contributed by atoms with Crippen LogP contribution >= 0.6 is 0 Å². The van der Waals surface area contributed by atoms with Gasteiger partial charge in [0, 0.05) is 29.3 Å². The van der Waals surface area contributed by atoms with E-state index in [4.69, 9.17) is 9.47 Å². The molecule has 0 aromatic heterocycles. The van der Waals surface area contributed by atoms with E-state index in [0.29, 0.717) is 17.7 Å². The second kappa shape index (κ2) is 6.59. The molecule has 0 radical (unpaired) electrons. The van der Waals surface area contributed by atoms with E-state index in [1.165, 1.54) is 7.11 Å². The third-order valence-electron chi connectivity index (χ3n) is 4.76. The minimum absolute atomic E-state index is 0.0854. The smallest absolute Gasteiger partial charge is 0.315 e. The number of carbonyl (C=O) groups excluding carboxylic acids is 2. The zero-order chi connectivity index (χ0) is 17.3. The Bertz CT molecular complexity index is 730. The first-order chi connectivity index (χ1) is 11.6. The Hall–Kier alpha value is -2.43. The molecule has 5 nitrogen and oxygen atoms in total. The number of carbonyl (C=O) groups is 2. The maximum absolute atomic E-state index is 12.6. The SMILES string of the molecule is COC(=O)C1C(C)=NC2=C(C(=O)CCC2)[C@@H]1c1ccc(OC)cc1. The third kappa shape index (κ3) is 2.75. The van der Waals surface area contributed by atoms with Crippen molar-refractivity contribution in [2.75, 3.05) is 14.2 Å². The van der Waals surface area contributed by atoms with E-state index in [2.05, 4.69) is 4.99 Å². The molecule has 0 amide bonds. The molecule has 5 heteroatoms. The van der Waals surface area contributed by atoms with Crippen molar-refractivity contribution in [1.29, 1.82) is 0 Å². The quantitative estimate of drug-likeness (QED) is 0.800. The van der Waals surface area contributed by atoms with Gasteiger partial charge in [-0.25, -0.2) is 0 Å². The van der Waals surface area contributed by atoms with Gasteiger partial charge in [0.2, 0.25) is 0 Å². The van der Waals surface area contributed by atoms with Crippen molar-refractivity contribution in [3.8, 4) is 5.75 Å². The number of esters is 1. The molecule has 3 rings (SSSR count). The number of Topliss-reactive ketones (excluding diaryl/α,β-unsaturated/α-hetero) is 1. The molecule has 1 unspecified atom stereocenters. The predicted molar refractivity (Wildman–Crippen MR) is 90.2 cm³/mol. The number of hydrogen-bond acceptors (Lipinski definition) is 5. The van der Waals surface area contributed by atoms with Crippen molar-refractivity contribution < 1.29 is 19.1 Å². The average Bonchev–Trinajstić information content (AvgIpc) is 2.60. The lowest BCUT2D eigenvalue weighted by atomic mass is 9.72. The molecule has 24 heavy (non-hydrogen) atoms. The maximum Gasteiger partial charge on any atom is 0.315 e. The average molecular weight is 327 g/mol. The number of hydrogen-bond donors (Lipinski definition) is 0. The lowest BCUT2D eigenvalue weighted by molar-refractivity contribution is -0.143. The minimum Gasteiger partial charge on any atom is -0.497 e. The number of ether oxygens (including phenoxy) is 2. The van der Waals surface area contributed by atoms with Crippen LogP contribution in [0.15, 0.2) is 40.5 Å². The van der Waals surface area contributed by atoms with Gasteiger partial charge in [-0.3, -0.25) is 14.6 Å². The summed E-state index contributed by atoms with van der Waals surface area (Å²) in [6.07, 6.45) is 2.10. The summed E-state index contributed by atoms with van der Waals surface area (Å²) in [5.74, 6) is -0.448. The number of aliphatic imine (C=N–C) groups is 1. The summed E-state index contributed by atoms with van der Waals surface area (Å²) in [5.41, 5.74) is 3.11. The molecule has 2 atom stereocenters. The van der Waals surface area contributed by atoms with Crippen LogP contribution in [-0.4, -0.2) is 31.7 Å². The number of nitrogens with zero attached hydrogens (tertiary/aromatic N) is 1. The van der Waals surface area contributed by atoms with Crippen molar-refractivity contribution in [3.05, 3.63) is 41.1 Å². The molecule has 126 valence electrons. The lowest BCUT2D eigenvalue weighted by Gasteiger charge is -2.34. The summed E-state index contributed by atoms with van der Waals surface area (Å²) in [5, 5.41) is 0. The van der Waals surface area contributed by atoms with Crippen LogP contribution in [0.2, 0.25) is 0 Å². The fourth-order valence-corrected chi connectivity index (χ4v) is 3.61. The van der Waals surface area contributed by atoms with Crippen LogP contribution < -0.4 is 4.74 Å². The molecule has 1 heterocycles. The summed E-state index contributed by atoms with van der Waals surface area (Å²) < 4.78 is 10.2. The molecule has 1 aliphatic heterocycles. The molecular weight excluding hydrogens is 306 g/mol. The maximum atomic E-state index is 12.6. The Morgan fingerprint density at radius 1 is 1.17 bits per heavy atom. The van der Waals surface area contributed by atoms with Crippen molar-refractivity contribution in [2.24, 2.45) is 10.9 Å². The zero-order valence-electron chi connectivity index (χ0n) is 14.2. The van der Waals surface area contributed by atoms with Gasteiger partial charge >= 0.3 is 5.97 Å². The van der Waals surface area contributed by atoms with Gasteiger partial charge in [0.25, 0.3) is 0 Å². The molecule has 0 saturated heterocycles. The number of rotatable bonds is 3. The van der Waals surface area contributed by atoms with Gasteiger partial charge < -0.3 is 9.47 Å². The van der Waals surface area contributed by atoms with Gasteiger partial charge in [0.05, 0.1) is 14.2 Å². The standard InChI is InChI=1S/C19H21NO4/c1-11-16(19(22)24-3)17(12-7-9-13(23-2)10-8-12)18-14(20-11)5-4-6-15(18)21/h7-10,16-17H,4-6H2,1-3H3/t16?,17-/m1/s1. The highest BCUT2D eigenvalue weighted by Crippen LogP contribution is 2.43. The van der Waals surface area contributed by atoms with Crippen LogP contribution in [0.1, 0.15) is 37.7 Å². The Labute approximate surface area is 141 Å². The zero-order valence-corrected chi connectivity index (χ0v) is 14.2. The molecule has 2 aliphatic rings. The van der Waals surface area contributed by atoms with Crippen LogP contribution in [0.5, 0.6) is 5.75 Å². The predicted octanol–water partition coefficient (Wildman–Crippen LogP) is 3.05.